The molecule has 4 unspecified atom stereocenters. The van der Waals surface area contributed by atoms with E-state index >= 15 is 0 Å². The van der Waals surface area contributed by atoms with Crippen molar-refractivity contribution in [2.45, 2.75) is 43.2 Å². The van der Waals surface area contributed by atoms with Crippen molar-refractivity contribution in [3.63, 3.8) is 0 Å². The molecule has 0 spiro atoms. The molecule has 0 aromatic heterocycles. The molecule has 3 aliphatic heterocycles. The van der Waals surface area contributed by atoms with Crippen LogP contribution in [0.4, 0.5) is 0 Å². The van der Waals surface area contributed by atoms with Gasteiger partial charge in [-0.25, -0.2) is 4.79 Å². The zero-order valence-corrected chi connectivity index (χ0v) is 20.5. The molecule has 13 heteroatoms. The number of aliphatic carboxylic acids is 1. The molecule has 12 nitrogen and oxygen atoms in total. The van der Waals surface area contributed by atoms with E-state index in [0.717, 1.165) is 0 Å². The van der Waals surface area contributed by atoms with Crippen molar-refractivity contribution >= 4 is 22.8 Å². The molecule has 1 aromatic rings. The normalized spacial score (nSPS) is 33.8. The summed E-state index contributed by atoms with van der Waals surface area (Å²) in [6.07, 6.45) is -4.75. The molecule has 0 saturated carbocycles. The molecule has 5 N–H and O–H groups in total. The monoisotopic (exact) mass is 529 g/mol. The maximum atomic E-state index is 11.4. The van der Waals surface area contributed by atoms with Crippen molar-refractivity contribution in [3.8, 4) is 11.5 Å². The predicted molar refractivity (Wildman–Crippen MR) is 126 cm³/mol. The molecular weight excluding hydrogens is 498 g/mol. The molecule has 2 fully saturated rings. The Morgan fingerprint density at radius 2 is 2.00 bits per heavy atom. The minimum absolute atomic E-state index is 0.0614. The van der Waals surface area contributed by atoms with E-state index in [9.17, 15) is 30.3 Å². The second kappa shape index (κ2) is 11.6. The van der Waals surface area contributed by atoms with Crippen molar-refractivity contribution < 1.29 is 54.0 Å². The number of hydrogen-bond donors (Lipinski definition) is 5. The maximum Gasteiger partial charge on any atom is 0.332 e. The van der Waals surface area contributed by atoms with Crippen LogP contribution in [-0.2, 0) is 23.7 Å². The third-order valence-electron chi connectivity index (χ3n) is 6.34. The van der Waals surface area contributed by atoms with Gasteiger partial charge < -0.3 is 49.2 Å². The summed E-state index contributed by atoms with van der Waals surface area (Å²) in [5, 5.41) is 50.3. The number of benzene rings is 1. The first kappa shape index (κ1) is 27.1. The van der Waals surface area contributed by atoms with Gasteiger partial charge in [-0.1, -0.05) is 0 Å². The number of thioether (sulfide) groups is 1. The Morgan fingerprint density at radius 1 is 1.22 bits per heavy atom. The van der Waals surface area contributed by atoms with Crippen LogP contribution in [0.15, 0.2) is 23.2 Å². The van der Waals surface area contributed by atoms with Gasteiger partial charge in [0.1, 0.15) is 35.4 Å². The quantitative estimate of drug-likeness (QED) is 0.235. The SMILES string of the molecule is C[C@]1(C(=O)O)CSC(c2ccc(OCCOCCO[C@H]3OC(CO)C4COC(C3O)[C@H]4O)cc2O)=N1. The fourth-order valence-electron chi connectivity index (χ4n) is 4.19. The summed E-state index contributed by atoms with van der Waals surface area (Å²) in [5.41, 5.74) is -0.763. The van der Waals surface area contributed by atoms with Crippen molar-refractivity contribution in [1.82, 2.24) is 0 Å². The zero-order valence-electron chi connectivity index (χ0n) is 19.7. The number of carbonyl (C=O) groups is 1. The minimum Gasteiger partial charge on any atom is -0.507 e. The third-order valence-corrected chi connectivity index (χ3v) is 7.63. The number of aliphatic imine (C=N–C) groups is 1. The summed E-state index contributed by atoms with van der Waals surface area (Å²) >= 11 is 1.28. The third kappa shape index (κ3) is 5.78. The van der Waals surface area contributed by atoms with Gasteiger partial charge in [0, 0.05) is 23.3 Å². The van der Waals surface area contributed by atoms with Crippen molar-refractivity contribution in [2.24, 2.45) is 10.9 Å². The molecule has 0 aliphatic carbocycles. The summed E-state index contributed by atoms with van der Waals surface area (Å²) in [5.74, 6) is -0.795. The van der Waals surface area contributed by atoms with E-state index in [-0.39, 0.29) is 45.4 Å². The Hall–Kier alpha value is -1.97. The first-order valence-corrected chi connectivity index (χ1v) is 12.6. The second-order valence-corrected chi connectivity index (χ2v) is 9.93. The number of ether oxygens (including phenoxy) is 5. The number of phenolic OH excluding ortho intramolecular Hbond substituents is 1. The summed E-state index contributed by atoms with van der Waals surface area (Å²) in [6.45, 7) is 2.11. The minimum atomic E-state index is -1.21. The van der Waals surface area contributed by atoms with Crippen LogP contribution in [-0.4, -0.2) is 118 Å². The Labute approximate surface area is 211 Å². The number of fused-ring (bicyclic) bond motifs is 2. The molecule has 4 rings (SSSR count). The fraction of sp³-hybridized carbons (Fsp3) is 0.652. The van der Waals surface area contributed by atoms with Crippen molar-refractivity contribution in [3.05, 3.63) is 23.8 Å². The van der Waals surface area contributed by atoms with Crippen LogP contribution in [0.3, 0.4) is 0 Å². The maximum absolute atomic E-state index is 11.4. The van der Waals surface area contributed by atoms with Crippen LogP contribution < -0.4 is 4.74 Å². The molecular formula is C23H31NO11S. The summed E-state index contributed by atoms with van der Waals surface area (Å²) in [6, 6.07) is 4.72. The molecule has 1 aromatic carbocycles. The highest BCUT2D eigenvalue weighted by molar-refractivity contribution is 8.14. The van der Waals surface area contributed by atoms with E-state index in [2.05, 4.69) is 4.99 Å². The van der Waals surface area contributed by atoms with E-state index in [0.29, 0.717) is 22.1 Å². The predicted octanol–water partition coefficient (Wildman–Crippen LogP) is -0.405. The smallest absolute Gasteiger partial charge is 0.332 e. The van der Waals surface area contributed by atoms with Gasteiger partial charge in [-0.2, -0.15) is 0 Å². The van der Waals surface area contributed by atoms with Crippen LogP contribution in [0.25, 0.3) is 0 Å². The number of phenols is 1. The lowest BCUT2D eigenvalue weighted by atomic mass is 9.95. The number of carboxylic acid groups (broad SMARTS) is 1. The average Bonchev–Trinajstić information content (AvgIpc) is 3.41. The van der Waals surface area contributed by atoms with Gasteiger partial charge in [0.05, 0.1) is 45.2 Å². The topological polar surface area (TPSA) is 177 Å². The molecule has 2 bridgehead atoms. The van der Waals surface area contributed by atoms with E-state index in [1.807, 2.05) is 0 Å². The summed E-state index contributed by atoms with van der Waals surface area (Å²) in [7, 11) is 0. The first-order valence-electron chi connectivity index (χ1n) is 11.6. The Bertz CT molecular complexity index is 962. The Kier molecular flexibility index (Phi) is 8.73. The van der Waals surface area contributed by atoms with Gasteiger partial charge in [0.15, 0.2) is 11.8 Å². The number of aliphatic hydroxyl groups excluding tert-OH is 3. The second-order valence-electron chi connectivity index (χ2n) is 8.96. The molecule has 2 saturated heterocycles. The van der Waals surface area contributed by atoms with E-state index in [1.165, 1.54) is 24.8 Å². The van der Waals surface area contributed by atoms with E-state index in [4.69, 9.17) is 23.7 Å². The number of nitrogens with zero attached hydrogens (tertiary/aromatic N) is 1. The van der Waals surface area contributed by atoms with Crippen LogP contribution in [0.1, 0.15) is 12.5 Å². The highest BCUT2D eigenvalue weighted by Crippen LogP contribution is 2.36. The number of carboxylic acids is 1. The lowest BCUT2D eigenvalue weighted by Crippen LogP contribution is -2.44. The van der Waals surface area contributed by atoms with Crippen LogP contribution in [0, 0.1) is 5.92 Å². The molecule has 3 aliphatic rings. The molecule has 36 heavy (non-hydrogen) atoms. The van der Waals surface area contributed by atoms with Gasteiger partial charge in [-0.15, -0.1) is 11.8 Å². The molecule has 0 radical (unpaired) electrons. The van der Waals surface area contributed by atoms with Gasteiger partial charge in [0.25, 0.3) is 0 Å². The first-order chi connectivity index (χ1) is 17.2. The zero-order chi connectivity index (χ0) is 25.9. The number of hydrogen-bond acceptors (Lipinski definition) is 12. The fourth-order valence-corrected chi connectivity index (χ4v) is 5.39. The van der Waals surface area contributed by atoms with Gasteiger partial charge in [-0.3, -0.25) is 4.99 Å². The number of aliphatic hydroxyl groups is 3. The Balaban J connectivity index is 1.17. The van der Waals surface area contributed by atoms with Crippen LogP contribution >= 0.6 is 11.8 Å². The lowest BCUT2D eigenvalue weighted by Gasteiger charge is -2.29. The number of aromatic hydroxyl groups is 1. The van der Waals surface area contributed by atoms with Crippen molar-refractivity contribution in [1.29, 1.82) is 0 Å². The highest BCUT2D eigenvalue weighted by atomic mass is 32.2. The lowest BCUT2D eigenvalue weighted by molar-refractivity contribution is -0.248. The van der Waals surface area contributed by atoms with Crippen molar-refractivity contribution in [2.75, 3.05) is 45.4 Å². The highest BCUT2D eigenvalue weighted by Gasteiger charge is 2.51. The molecule has 0 amide bonds. The molecule has 200 valence electrons. The standard InChI is InChI=1S/C23H31NO11S/c1-23(22(29)30)11-36-20(24-23)13-3-2-12(8-15(13)26)32-6-4-31-5-7-33-21-18(28)19-17(27)14(10-34-19)16(9-25)35-21/h2-3,8,14,16-19,21,25-28H,4-7,9-11H2,1H3,(H,29,30)/t14?,16?,17-,18?,19?,21-,23+/m0/s1. The summed E-state index contributed by atoms with van der Waals surface area (Å²) in [4.78, 5) is 15.6. The molecule has 3 heterocycles. The van der Waals surface area contributed by atoms with Crippen LogP contribution in [0.5, 0.6) is 11.5 Å². The summed E-state index contributed by atoms with van der Waals surface area (Å²) < 4.78 is 27.7. The van der Waals surface area contributed by atoms with E-state index in [1.54, 1.807) is 12.1 Å². The van der Waals surface area contributed by atoms with Crippen LogP contribution in [0.2, 0.25) is 0 Å². The Morgan fingerprint density at radius 3 is 2.69 bits per heavy atom. The van der Waals surface area contributed by atoms with Gasteiger partial charge in [-0.05, 0) is 19.1 Å². The largest absolute Gasteiger partial charge is 0.507 e. The van der Waals surface area contributed by atoms with E-state index < -0.39 is 48.1 Å². The molecule has 7 atom stereocenters. The number of rotatable bonds is 11. The van der Waals surface area contributed by atoms with Gasteiger partial charge >= 0.3 is 5.97 Å². The average molecular weight is 530 g/mol. The van der Waals surface area contributed by atoms with Gasteiger partial charge in [0.2, 0.25) is 0 Å².